The van der Waals surface area contributed by atoms with Crippen molar-refractivity contribution in [1.29, 1.82) is 0 Å². The molecule has 0 spiro atoms. The number of hydrogen-bond donors (Lipinski definition) is 1. The molecule has 0 fully saturated rings. The first-order chi connectivity index (χ1) is 7.90. The summed E-state index contributed by atoms with van der Waals surface area (Å²) >= 11 is 0. The molecule has 2 heteroatoms. The zero-order valence-corrected chi connectivity index (χ0v) is 9.21. The van der Waals surface area contributed by atoms with Crippen molar-refractivity contribution >= 4 is 0 Å². The largest absolute Gasteiger partial charge is 0.330 e. The Morgan fingerprint density at radius 1 is 1.00 bits per heavy atom. The van der Waals surface area contributed by atoms with Gasteiger partial charge in [0.05, 0.1) is 0 Å². The molecule has 1 atom stereocenters. The Balaban J connectivity index is 2.13. The second-order valence-corrected chi connectivity index (χ2v) is 3.88. The lowest BCUT2D eigenvalue weighted by atomic mass is 9.96. The predicted octanol–water partition coefficient (Wildman–Crippen LogP) is 2.37. The quantitative estimate of drug-likeness (QED) is 0.845. The third kappa shape index (κ3) is 2.67. The van der Waals surface area contributed by atoms with Crippen molar-refractivity contribution in [1.82, 2.24) is 4.98 Å². The highest BCUT2D eigenvalue weighted by Gasteiger charge is 2.10. The molecule has 82 valence electrons. The van der Waals surface area contributed by atoms with Crippen LogP contribution in [0, 0.1) is 0 Å². The second kappa shape index (κ2) is 5.42. The summed E-state index contributed by atoms with van der Waals surface area (Å²) < 4.78 is 0. The normalized spacial score (nSPS) is 12.3. The molecule has 0 saturated carbocycles. The van der Waals surface area contributed by atoms with Gasteiger partial charge in [-0.05, 0) is 24.1 Å². The average molecular weight is 212 g/mol. The van der Waals surface area contributed by atoms with Gasteiger partial charge in [0.25, 0.3) is 0 Å². The van der Waals surface area contributed by atoms with E-state index in [-0.39, 0.29) is 0 Å². The number of rotatable bonds is 4. The summed E-state index contributed by atoms with van der Waals surface area (Å²) in [6.07, 6.45) is 2.78. The smallest absolute Gasteiger partial charge is 0.0450 e. The van der Waals surface area contributed by atoms with Crippen LogP contribution in [0.2, 0.25) is 0 Å². The fraction of sp³-hybridized carbons (Fsp3) is 0.214. The zero-order valence-electron chi connectivity index (χ0n) is 9.21. The van der Waals surface area contributed by atoms with E-state index in [4.69, 9.17) is 5.73 Å². The standard InChI is InChI=1S/C14H16N2/c15-11-13(14-8-4-5-9-16-14)10-12-6-2-1-3-7-12/h1-9,13H,10-11,15H2. The molecule has 2 nitrogen and oxygen atoms in total. The van der Waals surface area contributed by atoms with Crippen LogP contribution in [-0.2, 0) is 6.42 Å². The minimum absolute atomic E-state index is 0.309. The number of nitrogens with zero attached hydrogens (tertiary/aromatic N) is 1. The van der Waals surface area contributed by atoms with Gasteiger partial charge in [0.1, 0.15) is 0 Å². The van der Waals surface area contributed by atoms with Gasteiger partial charge in [0, 0.05) is 24.4 Å². The highest BCUT2D eigenvalue weighted by molar-refractivity contribution is 5.20. The zero-order chi connectivity index (χ0) is 11.2. The average Bonchev–Trinajstić information content (AvgIpc) is 2.38. The maximum Gasteiger partial charge on any atom is 0.0450 e. The molecule has 1 aromatic carbocycles. The maximum atomic E-state index is 5.81. The SMILES string of the molecule is NCC(Cc1ccccc1)c1ccccn1. The van der Waals surface area contributed by atoms with Gasteiger partial charge in [-0.2, -0.15) is 0 Å². The van der Waals surface area contributed by atoms with Crippen LogP contribution >= 0.6 is 0 Å². The Kier molecular flexibility index (Phi) is 3.67. The summed E-state index contributed by atoms with van der Waals surface area (Å²) in [7, 11) is 0. The van der Waals surface area contributed by atoms with Gasteiger partial charge in [-0.25, -0.2) is 0 Å². The van der Waals surface area contributed by atoms with E-state index in [1.54, 1.807) is 0 Å². The predicted molar refractivity (Wildman–Crippen MR) is 66.2 cm³/mol. The molecule has 2 N–H and O–H groups in total. The minimum atomic E-state index is 0.309. The summed E-state index contributed by atoms with van der Waals surface area (Å²) in [5.41, 5.74) is 8.20. The van der Waals surface area contributed by atoms with Crippen molar-refractivity contribution < 1.29 is 0 Å². The van der Waals surface area contributed by atoms with E-state index in [0.29, 0.717) is 12.5 Å². The van der Waals surface area contributed by atoms with Crippen molar-refractivity contribution in [3.05, 3.63) is 66.0 Å². The van der Waals surface area contributed by atoms with E-state index >= 15 is 0 Å². The Morgan fingerprint density at radius 3 is 2.38 bits per heavy atom. The van der Waals surface area contributed by atoms with Crippen LogP contribution in [0.3, 0.4) is 0 Å². The van der Waals surface area contributed by atoms with Gasteiger partial charge < -0.3 is 5.73 Å². The monoisotopic (exact) mass is 212 g/mol. The molecule has 16 heavy (non-hydrogen) atoms. The second-order valence-electron chi connectivity index (χ2n) is 3.88. The van der Waals surface area contributed by atoms with Crippen LogP contribution in [0.15, 0.2) is 54.7 Å². The molecule has 0 aliphatic carbocycles. The first-order valence-electron chi connectivity index (χ1n) is 5.55. The van der Waals surface area contributed by atoms with Crippen LogP contribution in [0.4, 0.5) is 0 Å². The summed E-state index contributed by atoms with van der Waals surface area (Å²) in [6, 6.07) is 16.4. The number of pyridine rings is 1. The third-order valence-electron chi connectivity index (χ3n) is 2.72. The highest BCUT2D eigenvalue weighted by Crippen LogP contribution is 2.17. The van der Waals surface area contributed by atoms with Crippen LogP contribution in [0.5, 0.6) is 0 Å². The van der Waals surface area contributed by atoms with Crippen LogP contribution in [-0.4, -0.2) is 11.5 Å². The third-order valence-corrected chi connectivity index (χ3v) is 2.72. The Labute approximate surface area is 96.1 Å². The first kappa shape index (κ1) is 10.8. The van der Waals surface area contributed by atoms with Gasteiger partial charge in [-0.1, -0.05) is 36.4 Å². The lowest BCUT2D eigenvalue weighted by molar-refractivity contribution is 0.672. The number of aromatic nitrogens is 1. The van der Waals surface area contributed by atoms with Crippen molar-refractivity contribution in [2.45, 2.75) is 12.3 Å². The van der Waals surface area contributed by atoms with E-state index in [1.807, 2.05) is 30.5 Å². The molecule has 1 unspecified atom stereocenters. The summed E-state index contributed by atoms with van der Waals surface area (Å²) in [5, 5.41) is 0. The fourth-order valence-electron chi connectivity index (χ4n) is 1.82. The molecule has 0 radical (unpaired) electrons. The van der Waals surface area contributed by atoms with E-state index in [1.165, 1.54) is 5.56 Å². The van der Waals surface area contributed by atoms with Gasteiger partial charge >= 0.3 is 0 Å². The summed E-state index contributed by atoms with van der Waals surface area (Å²) in [5.74, 6) is 0.309. The molecular formula is C14H16N2. The summed E-state index contributed by atoms with van der Waals surface area (Å²) in [6.45, 7) is 0.631. The van der Waals surface area contributed by atoms with Crippen molar-refractivity contribution in [3.63, 3.8) is 0 Å². The first-order valence-corrected chi connectivity index (χ1v) is 5.55. The van der Waals surface area contributed by atoms with E-state index < -0.39 is 0 Å². The minimum Gasteiger partial charge on any atom is -0.330 e. The molecule has 0 saturated heterocycles. The Hall–Kier alpha value is -1.67. The van der Waals surface area contributed by atoms with E-state index in [9.17, 15) is 0 Å². The molecular weight excluding hydrogens is 196 g/mol. The number of nitrogens with two attached hydrogens (primary N) is 1. The number of hydrogen-bond acceptors (Lipinski definition) is 2. The number of benzene rings is 1. The topological polar surface area (TPSA) is 38.9 Å². The van der Waals surface area contributed by atoms with Crippen LogP contribution < -0.4 is 5.73 Å². The maximum absolute atomic E-state index is 5.81. The fourth-order valence-corrected chi connectivity index (χ4v) is 1.82. The highest BCUT2D eigenvalue weighted by atomic mass is 14.7. The molecule has 1 heterocycles. The lowest BCUT2D eigenvalue weighted by Crippen LogP contribution is -2.16. The van der Waals surface area contributed by atoms with Crippen LogP contribution in [0.1, 0.15) is 17.2 Å². The molecule has 0 aliphatic rings. The Morgan fingerprint density at radius 2 is 1.75 bits per heavy atom. The van der Waals surface area contributed by atoms with E-state index in [0.717, 1.165) is 12.1 Å². The van der Waals surface area contributed by atoms with Gasteiger partial charge in [0.2, 0.25) is 0 Å². The molecule has 0 bridgehead atoms. The molecule has 0 aliphatic heterocycles. The molecule has 2 aromatic rings. The van der Waals surface area contributed by atoms with Crippen molar-refractivity contribution in [2.24, 2.45) is 5.73 Å². The van der Waals surface area contributed by atoms with Gasteiger partial charge in [-0.3, -0.25) is 4.98 Å². The lowest BCUT2D eigenvalue weighted by Gasteiger charge is -2.13. The molecule has 2 rings (SSSR count). The van der Waals surface area contributed by atoms with Gasteiger partial charge in [-0.15, -0.1) is 0 Å². The van der Waals surface area contributed by atoms with Crippen molar-refractivity contribution in [2.75, 3.05) is 6.54 Å². The van der Waals surface area contributed by atoms with E-state index in [2.05, 4.69) is 29.2 Å². The molecule has 1 aromatic heterocycles. The molecule has 0 amide bonds. The van der Waals surface area contributed by atoms with Gasteiger partial charge in [0.15, 0.2) is 0 Å². The van der Waals surface area contributed by atoms with Crippen molar-refractivity contribution in [3.8, 4) is 0 Å². The van der Waals surface area contributed by atoms with Crippen LogP contribution in [0.25, 0.3) is 0 Å². The Bertz CT molecular complexity index is 411. The summed E-state index contributed by atoms with van der Waals surface area (Å²) in [4.78, 5) is 4.37.